The Bertz CT molecular complexity index is 1370. The van der Waals surface area contributed by atoms with E-state index in [2.05, 4.69) is 14.9 Å². The average Bonchev–Trinajstić information content (AvgIpc) is 3.46. The number of ether oxygens (including phenoxy) is 1. The molecule has 9 nitrogen and oxygen atoms in total. The van der Waals surface area contributed by atoms with Crippen LogP contribution in [0.3, 0.4) is 0 Å². The monoisotopic (exact) mass is 601 g/mol. The van der Waals surface area contributed by atoms with E-state index in [1.54, 1.807) is 26.1 Å². The van der Waals surface area contributed by atoms with Crippen LogP contribution in [-0.4, -0.2) is 96.1 Å². The lowest BCUT2D eigenvalue weighted by atomic mass is 9.97. The van der Waals surface area contributed by atoms with Gasteiger partial charge in [0.25, 0.3) is 5.91 Å². The fourth-order valence-electron chi connectivity index (χ4n) is 6.69. The largest absolute Gasteiger partial charge is 0.370 e. The molecule has 2 atom stereocenters. The zero-order valence-electron chi connectivity index (χ0n) is 25.3. The summed E-state index contributed by atoms with van der Waals surface area (Å²) in [7, 11) is -1.50. The van der Waals surface area contributed by atoms with Gasteiger partial charge in [0.2, 0.25) is 10.0 Å². The first-order valence-electron chi connectivity index (χ1n) is 15.2. The van der Waals surface area contributed by atoms with Crippen molar-refractivity contribution in [2.45, 2.75) is 89.5 Å². The van der Waals surface area contributed by atoms with Crippen LogP contribution < -0.4 is 0 Å². The standard InChI is InChI=1S/C31H44FN5O4S/c1-21-5-6-23(19-27(21)32)29-10-8-26(41-29)7-9-28-22(2)30(34-20-33-28)31(38)37-17-13-25(14-18-37)36-15-11-24(12-16-36)35(3)42(4,39)40/h5-6,19-20,24-26,29H,7-18H2,1-4H3. The van der Waals surface area contributed by atoms with E-state index in [-0.39, 0.29) is 30.0 Å². The number of hydrogen-bond acceptors (Lipinski definition) is 7. The van der Waals surface area contributed by atoms with Crippen molar-refractivity contribution in [3.8, 4) is 0 Å². The Morgan fingerprint density at radius 3 is 2.43 bits per heavy atom. The molecular weight excluding hydrogens is 557 g/mol. The number of benzene rings is 1. The molecule has 4 heterocycles. The van der Waals surface area contributed by atoms with Crippen molar-refractivity contribution in [3.63, 3.8) is 0 Å². The van der Waals surface area contributed by atoms with E-state index in [1.165, 1.54) is 16.9 Å². The Kier molecular flexibility index (Phi) is 9.61. The van der Waals surface area contributed by atoms with E-state index in [1.807, 2.05) is 17.9 Å². The predicted molar refractivity (Wildman–Crippen MR) is 159 cm³/mol. The number of carbonyl (C=O) groups excluding carboxylic acids is 1. The molecule has 0 bridgehead atoms. The Hall–Kier alpha value is -2.47. The summed E-state index contributed by atoms with van der Waals surface area (Å²) in [4.78, 5) is 26.7. The van der Waals surface area contributed by atoms with Gasteiger partial charge < -0.3 is 14.5 Å². The van der Waals surface area contributed by atoms with E-state index in [0.29, 0.717) is 36.8 Å². The summed E-state index contributed by atoms with van der Waals surface area (Å²) < 4.78 is 45.6. The minimum Gasteiger partial charge on any atom is -0.370 e. The molecule has 1 amide bonds. The molecular formula is C31H44FN5O4S. The van der Waals surface area contributed by atoms with Crippen molar-refractivity contribution in [2.75, 3.05) is 39.5 Å². The summed E-state index contributed by atoms with van der Waals surface area (Å²) >= 11 is 0. The van der Waals surface area contributed by atoms with Crippen LogP contribution in [0, 0.1) is 19.7 Å². The van der Waals surface area contributed by atoms with Crippen molar-refractivity contribution in [1.82, 2.24) is 24.1 Å². The Labute approximate surface area is 249 Å². The molecule has 3 fully saturated rings. The lowest BCUT2D eigenvalue weighted by Gasteiger charge is -2.43. The summed E-state index contributed by atoms with van der Waals surface area (Å²) in [6.45, 7) is 6.82. The summed E-state index contributed by atoms with van der Waals surface area (Å²) in [6.07, 6.45) is 9.49. The molecule has 3 saturated heterocycles. The van der Waals surface area contributed by atoms with Gasteiger partial charge in [0, 0.05) is 43.5 Å². The number of likely N-dealkylation sites (tertiary alicyclic amines) is 2. The molecule has 0 spiro atoms. The average molecular weight is 602 g/mol. The molecule has 5 rings (SSSR count). The normalized spacial score (nSPS) is 23.1. The van der Waals surface area contributed by atoms with Gasteiger partial charge in [-0.2, -0.15) is 0 Å². The summed E-state index contributed by atoms with van der Waals surface area (Å²) in [5.41, 5.74) is 3.71. The molecule has 2 aromatic rings. The van der Waals surface area contributed by atoms with Gasteiger partial charge in [-0.1, -0.05) is 12.1 Å². The van der Waals surface area contributed by atoms with Crippen LogP contribution >= 0.6 is 0 Å². The summed E-state index contributed by atoms with van der Waals surface area (Å²) in [5, 5.41) is 0. The molecule has 230 valence electrons. The molecule has 3 aliphatic rings. The van der Waals surface area contributed by atoms with Gasteiger partial charge in [0.15, 0.2) is 0 Å². The third kappa shape index (κ3) is 7.01. The minimum absolute atomic E-state index is 0.0401. The van der Waals surface area contributed by atoms with Crippen LogP contribution in [0.15, 0.2) is 24.5 Å². The maximum absolute atomic E-state index is 14.0. The lowest BCUT2D eigenvalue weighted by molar-refractivity contribution is 0.0399. The lowest BCUT2D eigenvalue weighted by Crippen LogP contribution is -2.52. The van der Waals surface area contributed by atoms with E-state index in [0.717, 1.165) is 74.9 Å². The first kappa shape index (κ1) is 31.0. The minimum atomic E-state index is -3.18. The zero-order valence-corrected chi connectivity index (χ0v) is 26.1. The van der Waals surface area contributed by atoms with Gasteiger partial charge >= 0.3 is 0 Å². The second-order valence-electron chi connectivity index (χ2n) is 12.2. The predicted octanol–water partition coefficient (Wildman–Crippen LogP) is 4.05. The van der Waals surface area contributed by atoms with E-state index >= 15 is 0 Å². The topological polar surface area (TPSA) is 95.9 Å². The third-order valence-corrected chi connectivity index (χ3v) is 10.9. The highest BCUT2D eigenvalue weighted by Crippen LogP contribution is 2.35. The van der Waals surface area contributed by atoms with Crippen molar-refractivity contribution in [3.05, 3.63) is 58.4 Å². The van der Waals surface area contributed by atoms with Crippen molar-refractivity contribution in [1.29, 1.82) is 0 Å². The highest BCUT2D eigenvalue weighted by molar-refractivity contribution is 7.88. The molecule has 3 aliphatic heterocycles. The first-order chi connectivity index (χ1) is 20.0. The number of hydrogen-bond donors (Lipinski definition) is 0. The van der Waals surface area contributed by atoms with Crippen LogP contribution in [-0.2, 0) is 21.2 Å². The molecule has 0 aliphatic carbocycles. The summed E-state index contributed by atoms with van der Waals surface area (Å²) in [5.74, 6) is -0.237. The third-order valence-electron chi connectivity index (χ3n) is 9.57. The van der Waals surface area contributed by atoms with E-state index < -0.39 is 10.0 Å². The van der Waals surface area contributed by atoms with Gasteiger partial charge in [0.05, 0.1) is 18.5 Å². The maximum atomic E-state index is 14.0. The molecule has 42 heavy (non-hydrogen) atoms. The number of carbonyl (C=O) groups is 1. The number of amides is 1. The Morgan fingerprint density at radius 2 is 1.76 bits per heavy atom. The van der Waals surface area contributed by atoms with Gasteiger partial charge in [-0.15, -0.1) is 0 Å². The number of nitrogens with zero attached hydrogens (tertiary/aromatic N) is 5. The van der Waals surface area contributed by atoms with Gasteiger partial charge in [-0.3, -0.25) is 4.79 Å². The van der Waals surface area contributed by atoms with Crippen molar-refractivity contribution < 1.29 is 22.3 Å². The molecule has 0 saturated carbocycles. The second-order valence-corrected chi connectivity index (χ2v) is 14.3. The fraction of sp³-hybridized carbons (Fsp3) is 0.645. The Balaban J connectivity index is 1.11. The van der Waals surface area contributed by atoms with Crippen molar-refractivity contribution in [2.24, 2.45) is 0 Å². The first-order valence-corrected chi connectivity index (χ1v) is 17.0. The van der Waals surface area contributed by atoms with Crippen LogP contribution in [0.25, 0.3) is 0 Å². The number of aryl methyl sites for hydroxylation is 2. The quantitative estimate of drug-likeness (QED) is 0.451. The SMILES string of the molecule is Cc1ccc(C2CCC(CCc3ncnc(C(=O)N4CCC(N5CCC(N(C)S(C)(=O)=O)CC5)CC4)c3C)O2)cc1F. The van der Waals surface area contributed by atoms with E-state index in [9.17, 15) is 17.6 Å². The number of rotatable bonds is 8. The molecule has 11 heteroatoms. The number of halogens is 1. The molecule has 1 aromatic heterocycles. The van der Waals surface area contributed by atoms with Crippen LogP contribution in [0.1, 0.15) is 83.9 Å². The van der Waals surface area contributed by atoms with Crippen LogP contribution in [0.2, 0.25) is 0 Å². The molecule has 0 N–H and O–H groups in total. The maximum Gasteiger partial charge on any atom is 0.272 e. The second kappa shape index (κ2) is 13.0. The van der Waals surface area contributed by atoms with E-state index in [4.69, 9.17) is 4.74 Å². The fourth-order valence-corrected chi connectivity index (χ4v) is 7.45. The van der Waals surface area contributed by atoms with Gasteiger partial charge in [-0.25, -0.2) is 27.1 Å². The smallest absolute Gasteiger partial charge is 0.272 e. The van der Waals surface area contributed by atoms with Crippen LogP contribution in [0.4, 0.5) is 4.39 Å². The highest BCUT2D eigenvalue weighted by atomic mass is 32.2. The molecule has 1 aromatic carbocycles. The number of piperidine rings is 2. The number of aromatic nitrogens is 2. The van der Waals surface area contributed by atoms with Gasteiger partial charge in [-0.05, 0) is 95.5 Å². The zero-order chi connectivity index (χ0) is 30.0. The molecule has 2 unspecified atom stereocenters. The summed E-state index contributed by atoms with van der Waals surface area (Å²) in [6, 6.07) is 5.81. The van der Waals surface area contributed by atoms with Crippen LogP contribution in [0.5, 0.6) is 0 Å². The van der Waals surface area contributed by atoms with Crippen molar-refractivity contribution >= 4 is 15.9 Å². The van der Waals surface area contributed by atoms with Gasteiger partial charge in [0.1, 0.15) is 17.8 Å². The Morgan fingerprint density at radius 1 is 1.05 bits per heavy atom. The number of sulfonamides is 1. The highest BCUT2D eigenvalue weighted by Gasteiger charge is 2.33. The molecule has 0 radical (unpaired) electrons.